The number of rotatable bonds is 1. The van der Waals surface area contributed by atoms with Crippen molar-refractivity contribution in [1.82, 2.24) is 0 Å². The number of hydrogen-bond donors (Lipinski definition) is 0. The van der Waals surface area contributed by atoms with E-state index in [9.17, 15) is 0 Å². The summed E-state index contributed by atoms with van der Waals surface area (Å²) in [4.78, 5) is 0. The molecule has 2 heterocycles. The summed E-state index contributed by atoms with van der Waals surface area (Å²) in [7, 11) is 0. The molecule has 2 aliphatic heterocycles. The van der Waals surface area contributed by atoms with Gasteiger partial charge in [-0.25, -0.2) is 0 Å². The lowest BCUT2D eigenvalue weighted by Gasteiger charge is -2.48. The van der Waals surface area contributed by atoms with E-state index in [0.29, 0.717) is 0 Å². The van der Waals surface area contributed by atoms with E-state index in [1.165, 1.54) is 32.1 Å². The summed E-state index contributed by atoms with van der Waals surface area (Å²) < 4.78 is 6.54. The van der Waals surface area contributed by atoms with E-state index in [1.807, 2.05) is 0 Å². The fraction of sp³-hybridized carbons (Fsp3) is 1.00. The molecule has 1 heteroatoms. The molecule has 0 radical (unpaired) electrons. The lowest BCUT2D eigenvalue weighted by atomic mass is 9.57. The first-order valence-electron chi connectivity index (χ1n) is 7.17. The van der Waals surface area contributed by atoms with Crippen molar-refractivity contribution in [2.75, 3.05) is 0 Å². The van der Waals surface area contributed by atoms with E-state index in [-0.39, 0.29) is 11.2 Å². The predicted molar refractivity (Wildman–Crippen MR) is 66.3 cm³/mol. The van der Waals surface area contributed by atoms with Gasteiger partial charge in [-0.05, 0) is 62.7 Å². The first-order chi connectivity index (χ1) is 7.47. The van der Waals surface area contributed by atoms with Gasteiger partial charge in [0.2, 0.25) is 0 Å². The van der Waals surface area contributed by atoms with E-state index < -0.39 is 0 Å². The lowest BCUT2D eigenvalue weighted by Crippen LogP contribution is -2.48. The van der Waals surface area contributed by atoms with Crippen LogP contribution in [0.25, 0.3) is 0 Å². The fourth-order valence-electron chi connectivity index (χ4n) is 4.98. The molecule has 2 saturated heterocycles. The molecule has 0 N–H and O–H groups in total. The molecule has 5 atom stereocenters. The summed E-state index contributed by atoms with van der Waals surface area (Å²) in [6, 6.07) is 0. The Bertz CT molecular complexity index is 298. The fourth-order valence-corrected chi connectivity index (χ4v) is 4.98. The Kier molecular flexibility index (Phi) is 2.25. The monoisotopic (exact) mass is 222 g/mol. The van der Waals surface area contributed by atoms with Crippen molar-refractivity contribution in [3.05, 3.63) is 0 Å². The zero-order chi connectivity index (χ0) is 11.6. The number of fused-ring (bicyclic) bond motifs is 1. The normalized spacial score (nSPS) is 55.7. The van der Waals surface area contributed by atoms with Crippen molar-refractivity contribution in [2.45, 2.75) is 71.0 Å². The molecule has 0 aromatic heterocycles. The molecule has 2 bridgehead atoms. The van der Waals surface area contributed by atoms with Gasteiger partial charge in [-0.15, -0.1) is 0 Å². The Balaban J connectivity index is 1.95. The molecule has 1 unspecified atom stereocenters. The van der Waals surface area contributed by atoms with Gasteiger partial charge in [-0.3, -0.25) is 0 Å². The van der Waals surface area contributed by atoms with Crippen LogP contribution in [0.4, 0.5) is 0 Å². The highest BCUT2D eigenvalue weighted by atomic mass is 16.5. The molecule has 1 spiro atoms. The third-order valence-corrected chi connectivity index (χ3v) is 5.90. The smallest absolute Gasteiger partial charge is 0.0748 e. The van der Waals surface area contributed by atoms with Crippen LogP contribution in [-0.4, -0.2) is 11.2 Å². The van der Waals surface area contributed by atoms with Crippen LogP contribution in [0.3, 0.4) is 0 Å². The Hall–Kier alpha value is -0.0400. The summed E-state index contributed by atoms with van der Waals surface area (Å²) in [5.74, 6) is 3.39. The van der Waals surface area contributed by atoms with Crippen LogP contribution in [0, 0.1) is 23.7 Å². The van der Waals surface area contributed by atoms with Crippen LogP contribution < -0.4 is 0 Å². The molecule has 1 nitrogen and oxygen atoms in total. The highest BCUT2D eigenvalue weighted by Crippen LogP contribution is 2.63. The zero-order valence-corrected chi connectivity index (χ0v) is 11.3. The van der Waals surface area contributed by atoms with Gasteiger partial charge in [0.25, 0.3) is 0 Å². The van der Waals surface area contributed by atoms with Crippen molar-refractivity contribution >= 4 is 0 Å². The largest absolute Gasteiger partial charge is 0.368 e. The van der Waals surface area contributed by atoms with Gasteiger partial charge in [0.05, 0.1) is 11.2 Å². The van der Waals surface area contributed by atoms with Crippen LogP contribution in [0.5, 0.6) is 0 Å². The van der Waals surface area contributed by atoms with Crippen LogP contribution in [0.2, 0.25) is 0 Å². The van der Waals surface area contributed by atoms with Gasteiger partial charge in [0, 0.05) is 0 Å². The Labute approximate surface area is 99.9 Å². The highest BCUT2D eigenvalue weighted by molar-refractivity contribution is 5.13. The molecule has 1 saturated carbocycles. The van der Waals surface area contributed by atoms with Gasteiger partial charge < -0.3 is 4.74 Å². The van der Waals surface area contributed by atoms with Crippen LogP contribution in [0.15, 0.2) is 0 Å². The molecule has 0 amide bonds. The van der Waals surface area contributed by atoms with Gasteiger partial charge in [-0.2, -0.15) is 0 Å². The quantitative estimate of drug-likeness (QED) is 0.651. The summed E-state index contributed by atoms with van der Waals surface area (Å²) in [6.45, 7) is 9.59. The number of hydrogen-bond acceptors (Lipinski definition) is 1. The molecule has 0 aromatic carbocycles. The summed E-state index contributed by atoms with van der Waals surface area (Å²) in [6.07, 6.45) is 6.79. The SMILES string of the molecule is CC(C)[C@@H]1CC[C@@H](C)[C@]23CCC(C)(C[C@@H]12)O3. The average Bonchev–Trinajstić information content (AvgIpc) is 2.69. The highest BCUT2D eigenvalue weighted by Gasteiger charge is 2.64. The first kappa shape index (κ1) is 11.1. The van der Waals surface area contributed by atoms with Crippen molar-refractivity contribution in [1.29, 1.82) is 0 Å². The molecule has 16 heavy (non-hydrogen) atoms. The summed E-state index contributed by atoms with van der Waals surface area (Å²) >= 11 is 0. The van der Waals surface area contributed by atoms with Gasteiger partial charge in [-0.1, -0.05) is 20.8 Å². The minimum Gasteiger partial charge on any atom is -0.368 e. The van der Waals surface area contributed by atoms with Crippen molar-refractivity contribution < 1.29 is 4.74 Å². The zero-order valence-electron chi connectivity index (χ0n) is 11.3. The second kappa shape index (κ2) is 3.25. The van der Waals surface area contributed by atoms with Crippen molar-refractivity contribution in [2.24, 2.45) is 23.7 Å². The lowest BCUT2D eigenvalue weighted by molar-refractivity contribution is -0.112. The third-order valence-electron chi connectivity index (χ3n) is 5.90. The van der Waals surface area contributed by atoms with Crippen molar-refractivity contribution in [3.8, 4) is 0 Å². The molecular formula is C15H26O. The molecule has 1 aliphatic carbocycles. The van der Waals surface area contributed by atoms with E-state index in [1.54, 1.807) is 0 Å². The Morgan fingerprint density at radius 1 is 1.19 bits per heavy atom. The molecule has 92 valence electrons. The first-order valence-corrected chi connectivity index (χ1v) is 7.17. The molecule has 3 fully saturated rings. The molecule has 0 aromatic rings. The van der Waals surface area contributed by atoms with E-state index in [0.717, 1.165) is 23.7 Å². The van der Waals surface area contributed by atoms with Crippen molar-refractivity contribution in [3.63, 3.8) is 0 Å². The molecule has 3 rings (SSSR count). The van der Waals surface area contributed by atoms with Crippen LogP contribution in [0.1, 0.15) is 59.8 Å². The van der Waals surface area contributed by atoms with E-state index in [2.05, 4.69) is 27.7 Å². The second-order valence-electron chi connectivity index (χ2n) is 7.20. The molecule has 3 aliphatic rings. The topological polar surface area (TPSA) is 9.23 Å². The summed E-state index contributed by atoms with van der Waals surface area (Å²) in [5, 5.41) is 0. The minimum absolute atomic E-state index is 0.233. The maximum absolute atomic E-state index is 6.54. The minimum atomic E-state index is 0.233. The summed E-state index contributed by atoms with van der Waals surface area (Å²) in [5.41, 5.74) is 0.512. The standard InChI is InChI=1S/C15H26O/c1-10(2)12-6-5-11(3)15-8-7-14(4,16-15)9-13(12)15/h10-13H,5-9H2,1-4H3/t11-,12+,13+,14?,15-/m1/s1. The van der Waals surface area contributed by atoms with Crippen LogP contribution >= 0.6 is 0 Å². The Morgan fingerprint density at radius 2 is 1.94 bits per heavy atom. The maximum atomic E-state index is 6.54. The van der Waals surface area contributed by atoms with E-state index >= 15 is 0 Å². The van der Waals surface area contributed by atoms with Gasteiger partial charge >= 0.3 is 0 Å². The third kappa shape index (κ3) is 1.27. The van der Waals surface area contributed by atoms with Gasteiger partial charge in [0.1, 0.15) is 0 Å². The predicted octanol–water partition coefficient (Wildman–Crippen LogP) is 4.02. The van der Waals surface area contributed by atoms with E-state index in [4.69, 9.17) is 4.74 Å². The number of ether oxygens (including phenoxy) is 1. The van der Waals surface area contributed by atoms with Gasteiger partial charge in [0.15, 0.2) is 0 Å². The second-order valence-corrected chi connectivity index (χ2v) is 7.20. The molecular weight excluding hydrogens is 196 g/mol. The average molecular weight is 222 g/mol. The maximum Gasteiger partial charge on any atom is 0.0748 e. The Morgan fingerprint density at radius 3 is 2.56 bits per heavy atom. The van der Waals surface area contributed by atoms with Crippen LogP contribution in [-0.2, 0) is 4.74 Å².